The fourth-order valence-corrected chi connectivity index (χ4v) is 2.18. The molecule has 0 atom stereocenters. The van der Waals surface area contributed by atoms with Gasteiger partial charge in [-0.1, -0.05) is 6.42 Å². The normalized spacial score (nSPS) is 15.8. The van der Waals surface area contributed by atoms with E-state index in [4.69, 9.17) is 5.84 Å². The molecule has 3 N–H and O–H groups in total. The number of aromatic nitrogens is 2. The van der Waals surface area contributed by atoms with Gasteiger partial charge >= 0.3 is 6.18 Å². The molecule has 1 aromatic rings. The molecule has 1 heterocycles. The number of nitrogen functional groups attached to an aromatic ring is 1. The Labute approximate surface area is 115 Å². The Morgan fingerprint density at radius 1 is 1.40 bits per heavy atom. The first-order valence-electron chi connectivity index (χ1n) is 6.62. The van der Waals surface area contributed by atoms with Crippen molar-refractivity contribution in [2.24, 2.45) is 11.8 Å². The minimum atomic E-state index is -4.51. The summed E-state index contributed by atoms with van der Waals surface area (Å²) in [6.45, 7) is 3.20. The Morgan fingerprint density at radius 3 is 2.55 bits per heavy atom. The van der Waals surface area contributed by atoms with E-state index in [0.717, 1.165) is 25.5 Å². The molecule has 0 saturated heterocycles. The number of rotatable bonds is 5. The summed E-state index contributed by atoms with van der Waals surface area (Å²) in [6.07, 6.45) is -1.08. The zero-order valence-corrected chi connectivity index (χ0v) is 11.2. The first-order chi connectivity index (χ1) is 9.44. The molecule has 1 fully saturated rings. The Bertz CT molecular complexity index is 459. The third kappa shape index (κ3) is 3.30. The number of hydrogen-bond donors (Lipinski definition) is 2. The van der Waals surface area contributed by atoms with Gasteiger partial charge in [-0.15, -0.1) is 0 Å². The molecule has 8 heteroatoms. The highest BCUT2D eigenvalue weighted by Gasteiger charge is 2.34. The average molecular weight is 289 g/mol. The molecule has 1 aromatic heterocycles. The maximum atomic E-state index is 12.8. The number of hydrazine groups is 1. The SMILES string of the molecule is CCN(CC1CCC1)c1cc(C(F)(F)F)nc(NN)n1. The molecule has 20 heavy (non-hydrogen) atoms. The lowest BCUT2D eigenvalue weighted by molar-refractivity contribution is -0.141. The molecule has 0 bridgehead atoms. The van der Waals surface area contributed by atoms with Crippen LogP contribution in [-0.4, -0.2) is 23.1 Å². The number of nitrogens with two attached hydrogens (primary N) is 1. The fraction of sp³-hybridized carbons (Fsp3) is 0.667. The van der Waals surface area contributed by atoms with Crippen LogP contribution in [0.25, 0.3) is 0 Å². The second kappa shape index (κ2) is 5.82. The summed E-state index contributed by atoms with van der Waals surface area (Å²) < 4.78 is 38.4. The number of hydrogen-bond acceptors (Lipinski definition) is 5. The smallest absolute Gasteiger partial charge is 0.356 e. The van der Waals surface area contributed by atoms with Crippen LogP contribution in [0.15, 0.2) is 6.07 Å². The standard InChI is InChI=1S/C12H18F3N5/c1-2-20(7-8-4-3-5-8)10-6-9(12(13,14)15)17-11(18-10)19-16/h6,8H,2-5,7,16H2,1H3,(H,17,18,19). The second-order valence-corrected chi connectivity index (χ2v) is 4.91. The van der Waals surface area contributed by atoms with Gasteiger partial charge in [0.1, 0.15) is 5.82 Å². The summed E-state index contributed by atoms with van der Waals surface area (Å²) >= 11 is 0. The molecule has 0 aliphatic heterocycles. The van der Waals surface area contributed by atoms with Crippen molar-refractivity contribution in [3.05, 3.63) is 11.8 Å². The van der Waals surface area contributed by atoms with Gasteiger partial charge in [-0.2, -0.15) is 18.2 Å². The minimum Gasteiger partial charge on any atom is -0.356 e. The molecule has 1 saturated carbocycles. The molecule has 112 valence electrons. The van der Waals surface area contributed by atoms with E-state index in [0.29, 0.717) is 12.5 Å². The van der Waals surface area contributed by atoms with Gasteiger partial charge < -0.3 is 4.90 Å². The Kier molecular flexibility index (Phi) is 4.32. The van der Waals surface area contributed by atoms with E-state index in [9.17, 15) is 13.2 Å². The monoisotopic (exact) mass is 289 g/mol. The van der Waals surface area contributed by atoms with Crippen molar-refractivity contribution in [3.8, 4) is 0 Å². The topological polar surface area (TPSA) is 67.1 Å². The van der Waals surface area contributed by atoms with Crippen LogP contribution in [0.1, 0.15) is 31.9 Å². The minimum absolute atomic E-state index is 0.220. The summed E-state index contributed by atoms with van der Waals surface area (Å²) in [5.41, 5.74) is 1.11. The largest absolute Gasteiger partial charge is 0.433 e. The predicted octanol–water partition coefficient (Wildman–Crippen LogP) is 2.41. The number of alkyl halides is 3. The van der Waals surface area contributed by atoms with E-state index in [1.165, 1.54) is 6.42 Å². The van der Waals surface area contributed by atoms with Crippen molar-refractivity contribution in [2.45, 2.75) is 32.4 Å². The number of nitrogens with one attached hydrogen (secondary N) is 1. The van der Waals surface area contributed by atoms with Gasteiger partial charge in [0.2, 0.25) is 5.95 Å². The molecule has 0 spiro atoms. The average Bonchev–Trinajstić information content (AvgIpc) is 2.36. The van der Waals surface area contributed by atoms with E-state index >= 15 is 0 Å². The van der Waals surface area contributed by atoms with E-state index in [1.54, 1.807) is 0 Å². The lowest BCUT2D eigenvalue weighted by Gasteiger charge is -2.32. The number of halogens is 3. The highest BCUT2D eigenvalue weighted by atomic mass is 19.4. The van der Waals surface area contributed by atoms with Crippen LogP contribution in [-0.2, 0) is 6.18 Å². The molecule has 5 nitrogen and oxygen atoms in total. The van der Waals surface area contributed by atoms with E-state index in [1.807, 2.05) is 11.8 Å². The lowest BCUT2D eigenvalue weighted by atomic mass is 9.85. The van der Waals surface area contributed by atoms with Crippen LogP contribution in [0.4, 0.5) is 24.9 Å². The Morgan fingerprint density at radius 2 is 2.10 bits per heavy atom. The lowest BCUT2D eigenvalue weighted by Crippen LogP contribution is -2.33. The quantitative estimate of drug-likeness (QED) is 0.643. The highest BCUT2D eigenvalue weighted by Crippen LogP contribution is 2.32. The molecular weight excluding hydrogens is 271 g/mol. The van der Waals surface area contributed by atoms with Gasteiger partial charge in [-0.3, -0.25) is 5.43 Å². The molecule has 1 aliphatic rings. The molecule has 2 rings (SSSR count). The van der Waals surface area contributed by atoms with E-state index in [-0.39, 0.29) is 11.8 Å². The predicted molar refractivity (Wildman–Crippen MR) is 70.1 cm³/mol. The van der Waals surface area contributed by atoms with Crippen molar-refractivity contribution in [3.63, 3.8) is 0 Å². The van der Waals surface area contributed by atoms with Crippen molar-refractivity contribution in [2.75, 3.05) is 23.4 Å². The van der Waals surface area contributed by atoms with E-state index in [2.05, 4.69) is 15.4 Å². The number of anilines is 2. The summed E-state index contributed by atoms with van der Waals surface area (Å²) in [4.78, 5) is 9.22. The molecule has 0 unspecified atom stereocenters. The van der Waals surface area contributed by atoms with Crippen LogP contribution in [0.2, 0.25) is 0 Å². The van der Waals surface area contributed by atoms with Crippen molar-refractivity contribution < 1.29 is 13.2 Å². The summed E-state index contributed by atoms with van der Waals surface area (Å²) in [5, 5.41) is 0. The maximum absolute atomic E-state index is 12.8. The molecule has 0 radical (unpaired) electrons. The third-order valence-corrected chi connectivity index (χ3v) is 3.54. The summed E-state index contributed by atoms with van der Waals surface area (Å²) in [6, 6.07) is 0.975. The maximum Gasteiger partial charge on any atom is 0.433 e. The molecule has 1 aliphatic carbocycles. The third-order valence-electron chi connectivity index (χ3n) is 3.54. The molecule has 0 amide bonds. The van der Waals surface area contributed by atoms with Crippen LogP contribution >= 0.6 is 0 Å². The van der Waals surface area contributed by atoms with Crippen LogP contribution in [0.5, 0.6) is 0 Å². The van der Waals surface area contributed by atoms with Gasteiger partial charge in [-0.05, 0) is 25.7 Å². The van der Waals surface area contributed by atoms with Crippen LogP contribution in [0, 0.1) is 5.92 Å². The molecular formula is C12H18F3N5. The van der Waals surface area contributed by atoms with Gasteiger partial charge in [-0.25, -0.2) is 10.8 Å². The van der Waals surface area contributed by atoms with E-state index < -0.39 is 11.9 Å². The van der Waals surface area contributed by atoms with Gasteiger partial charge in [0.05, 0.1) is 0 Å². The van der Waals surface area contributed by atoms with Crippen molar-refractivity contribution in [1.29, 1.82) is 0 Å². The summed E-state index contributed by atoms with van der Waals surface area (Å²) in [5.74, 6) is 5.72. The second-order valence-electron chi connectivity index (χ2n) is 4.91. The van der Waals surface area contributed by atoms with Crippen LogP contribution < -0.4 is 16.2 Å². The Balaban J connectivity index is 2.27. The van der Waals surface area contributed by atoms with Gasteiger partial charge in [0.25, 0.3) is 0 Å². The van der Waals surface area contributed by atoms with Crippen molar-refractivity contribution >= 4 is 11.8 Å². The fourth-order valence-electron chi connectivity index (χ4n) is 2.18. The summed E-state index contributed by atoms with van der Waals surface area (Å²) in [7, 11) is 0. The zero-order valence-electron chi connectivity index (χ0n) is 11.2. The van der Waals surface area contributed by atoms with Crippen LogP contribution in [0.3, 0.4) is 0 Å². The van der Waals surface area contributed by atoms with Gasteiger partial charge in [0.15, 0.2) is 5.69 Å². The molecule has 0 aromatic carbocycles. The number of nitrogens with zero attached hydrogens (tertiary/aromatic N) is 3. The van der Waals surface area contributed by atoms with Crippen molar-refractivity contribution in [1.82, 2.24) is 9.97 Å². The first kappa shape index (κ1) is 14.8. The highest BCUT2D eigenvalue weighted by molar-refractivity contribution is 5.45. The zero-order chi connectivity index (χ0) is 14.8. The Hall–Kier alpha value is -1.57. The first-order valence-corrected chi connectivity index (χ1v) is 6.62. The van der Waals surface area contributed by atoms with Gasteiger partial charge in [0, 0.05) is 19.2 Å².